The summed E-state index contributed by atoms with van der Waals surface area (Å²) < 4.78 is 1.80. The Balaban J connectivity index is 2.38. The number of terminal acetylenes is 1. The van der Waals surface area contributed by atoms with Crippen LogP contribution in [0.2, 0.25) is 0 Å². The van der Waals surface area contributed by atoms with Crippen molar-refractivity contribution in [2.45, 2.75) is 13.0 Å². The van der Waals surface area contributed by atoms with Gasteiger partial charge in [0.05, 0.1) is 12.1 Å². The highest BCUT2D eigenvalue weighted by Gasteiger charge is 2.14. The number of aromatic nitrogens is 1. The van der Waals surface area contributed by atoms with E-state index >= 15 is 0 Å². The molecule has 1 aromatic heterocycles. The highest BCUT2D eigenvalue weighted by atomic mass is 16.4. The molecule has 2 rings (SSSR count). The Kier molecular flexibility index (Phi) is 3.49. The average molecular weight is 239 g/mol. The van der Waals surface area contributed by atoms with Gasteiger partial charge in [0.2, 0.25) is 0 Å². The van der Waals surface area contributed by atoms with Crippen LogP contribution in [0.15, 0.2) is 42.6 Å². The Bertz CT molecular complexity index is 591. The van der Waals surface area contributed by atoms with Crippen molar-refractivity contribution in [2.75, 3.05) is 0 Å². The zero-order chi connectivity index (χ0) is 13.0. The van der Waals surface area contributed by atoms with Crippen LogP contribution in [0.1, 0.15) is 21.6 Å². The molecule has 1 aromatic carbocycles. The first-order valence-corrected chi connectivity index (χ1v) is 5.61. The van der Waals surface area contributed by atoms with E-state index in [1.165, 1.54) is 0 Å². The van der Waals surface area contributed by atoms with Crippen LogP contribution in [0.5, 0.6) is 0 Å². The van der Waals surface area contributed by atoms with E-state index in [0.717, 1.165) is 11.3 Å². The van der Waals surface area contributed by atoms with Crippen molar-refractivity contribution in [3.05, 3.63) is 59.4 Å². The van der Waals surface area contributed by atoms with E-state index in [9.17, 15) is 4.79 Å². The first kappa shape index (κ1) is 12.0. The number of carboxylic acid groups (broad SMARTS) is 1. The van der Waals surface area contributed by atoms with Crippen molar-refractivity contribution < 1.29 is 9.90 Å². The molecule has 3 heteroatoms. The summed E-state index contributed by atoms with van der Waals surface area (Å²) in [6.45, 7) is 0.384. The molecule has 18 heavy (non-hydrogen) atoms. The van der Waals surface area contributed by atoms with E-state index < -0.39 is 5.97 Å². The van der Waals surface area contributed by atoms with Gasteiger partial charge in [0.1, 0.15) is 0 Å². The van der Waals surface area contributed by atoms with Crippen LogP contribution >= 0.6 is 0 Å². The molecule has 0 unspecified atom stereocenters. The topological polar surface area (TPSA) is 42.2 Å². The molecule has 3 nitrogen and oxygen atoms in total. The average Bonchev–Trinajstić information content (AvgIpc) is 2.74. The van der Waals surface area contributed by atoms with Crippen molar-refractivity contribution in [1.82, 2.24) is 4.57 Å². The summed E-state index contributed by atoms with van der Waals surface area (Å²) in [4.78, 5) is 11.2. The number of rotatable bonds is 4. The standard InChI is InChI=1S/C15H13NO2/c1-2-9-16-10-8-13(15(17)18)14(16)11-12-6-4-3-5-7-12/h1,3-8,10H,9,11H2,(H,17,18). The molecule has 0 radical (unpaired) electrons. The number of aromatic carboxylic acids is 1. The minimum atomic E-state index is -0.920. The van der Waals surface area contributed by atoms with E-state index in [-0.39, 0.29) is 0 Å². The third-order valence-corrected chi connectivity index (χ3v) is 2.79. The highest BCUT2D eigenvalue weighted by molar-refractivity contribution is 5.89. The van der Waals surface area contributed by atoms with Gasteiger partial charge in [-0.05, 0) is 11.6 Å². The van der Waals surface area contributed by atoms with Crippen LogP contribution in [0.25, 0.3) is 0 Å². The number of carboxylic acids is 1. The quantitative estimate of drug-likeness (QED) is 0.832. The van der Waals surface area contributed by atoms with Gasteiger partial charge in [-0.1, -0.05) is 36.3 Å². The Hall–Kier alpha value is -2.47. The maximum Gasteiger partial charge on any atom is 0.337 e. The minimum absolute atomic E-state index is 0.314. The van der Waals surface area contributed by atoms with E-state index in [1.807, 2.05) is 30.3 Å². The summed E-state index contributed by atoms with van der Waals surface area (Å²) in [5.74, 6) is 1.61. The van der Waals surface area contributed by atoms with Crippen molar-refractivity contribution in [1.29, 1.82) is 0 Å². The zero-order valence-corrected chi connectivity index (χ0v) is 9.84. The molecular weight excluding hydrogens is 226 g/mol. The fourth-order valence-corrected chi connectivity index (χ4v) is 1.93. The summed E-state index contributed by atoms with van der Waals surface area (Å²) in [7, 11) is 0. The van der Waals surface area contributed by atoms with Crippen molar-refractivity contribution >= 4 is 5.97 Å². The highest BCUT2D eigenvalue weighted by Crippen LogP contribution is 2.16. The molecule has 0 bridgehead atoms. The fourth-order valence-electron chi connectivity index (χ4n) is 1.93. The normalized spacial score (nSPS) is 9.94. The van der Waals surface area contributed by atoms with E-state index in [4.69, 9.17) is 11.5 Å². The first-order chi connectivity index (χ1) is 8.72. The molecule has 2 aromatic rings. The largest absolute Gasteiger partial charge is 0.478 e. The summed E-state index contributed by atoms with van der Waals surface area (Å²) >= 11 is 0. The predicted octanol–water partition coefficient (Wildman–Crippen LogP) is 2.41. The monoisotopic (exact) mass is 239 g/mol. The second-order valence-corrected chi connectivity index (χ2v) is 3.98. The van der Waals surface area contributed by atoms with Gasteiger partial charge in [-0.3, -0.25) is 0 Å². The van der Waals surface area contributed by atoms with Crippen LogP contribution in [-0.2, 0) is 13.0 Å². The van der Waals surface area contributed by atoms with E-state index in [0.29, 0.717) is 18.5 Å². The van der Waals surface area contributed by atoms with Crippen LogP contribution in [-0.4, -0.2) is 15.6 Å². The van der Waals surface area contributed by atoms with Crippen LogP contribution < -0.4 is 0 Å². The third-order valence-electron chi connectivity index (χ3n) is 2.79. The minimum Gasteiger partial charge on any atom is -0.478 e. The third kappa shape index (κ3) is 2.44. The number of carbonyl (C=O) groups is 1. The summed E-state index contributed by atoms with van der Waals surface area (Å²) in [6, 6.07) is 11.3. The Morgan fingerprint density at radius 1 is 1.28 bits per heavy atom. The Morgan fingerprint density at radius 3 is 2.61 bits per heavy atom. The molecule has 1 heterocycles. The fraction of sp³-hybridized carbons (Fsp3) is 0.133. The second kappa shape index (κ2) is 5.24. The summed E-state index contributed by atoms with van der Waals surface area (Å²) in [5, 5.41) is 9.16. The maximum atomic E-state index is 11.2. The van der Waals surface area contributed by atoms with Gasteiger partial charge in [0.15, 0.2) is 0 Å². The SMILES string of the molecule is C#CCn1ccc(C(=O)O)c1Cc1ccccc1. The van der Waals surface area contributed by atoms with Crippen molar-refractivity contribution in [3.8, 4) is 12.3 Å². The molecule has 0 aliphatic rings. The Morgan fingerprint density at radius 2 is 2.00 bits per heavy atom. The second-order valence-electron chi connectivity index (χ2n) is 3.98. The van der Waals surface area contributed by atoms with Gasteiger partial charge < -0.3 is 9.67 Å². The van der Waals surface area contributed by atoms with E-state index in [1.54, 1.807) is 16.8 Å². The first-order valence-electron chi connectivity index (χ1n) is 5.61. The molecule has 1 N–H and O–H groups in total. The lowest BCUT2D eigenvalue weighted by Gasteiger charge is -2.07. The lowest BCUT2D eigenvalue weighted by Crippen LogP contribution is -2.07. The van der Waals surface area contributed by atoms with Crippen LogP contribution in [0, 0.1) is 12.3 Å². The predicted molar refractivity (Wildman–Crippen MR) is 69.5 cm³/mol. The maximum absolute atomic E-state index is 11.2. The molecular formula is C15H13NO2. The number of hydrogen-bond donors (Lipinski definition) is 1. The Labute approximate surface area is 106 Å². The van der Waals surface area contributed by atoms with Gasteiger partial charge in [0.25, 0.3) is 0 Å². The van der Waals surface area contributed by atoms with Crippen LogP contribution in [0.4, 0.5) is 0 Å². The molecule has 0 amide bonds. The summed E-state index contributed by atoms with van der Waals surface area (Å²) in [6.07, 6.45) is 7.58. The molecule has 0 spiro atoms. The number of nitrogens with zero attached hydrogens (tertiary/aromatic N) is 1. The van der Waals surface area contributed by atoms with Crippen LogP contribution in [0.3, 0.4) is 0 Å². The smallest absolute Gasteiger partial charge is 0.337 e. The number of benzene rings is 1. The molecule has 0 saturated carbocycles. The van der Waals surface area contributed by atoms with Gasteiger partial charge in [-0.25, -0.2) is 4.79 Å². The number of hydrogen-bond acceptors (Lipinski definition) is 1. The van der Waals surface area contributed by atoms with Gasteiger partial charge >= 0.3 is 5.97 Å². The van der Waals surface area contributed by atoms with Gasteiger partial charge in [0, 0.05) is 18.3 Å². The van der Waals surface area contributed by atoms with E-state index in [2.05, 4.69) is 5.92 Å². The lowest BCUT2D eigenvalue weighted by molar-refractivity contribution is 0.0695. The lowest BCUT2D eigenvalue weighted by atomic mass is 10.1. The molecule has 90 valence electrons. The summed E-state index contributed by atoms with van der Waals surface area (Å²) in [5.41, 5.74) is 2.12. The van der Waals surface area contributed by atoms with Gasteiger partial charge in [-0.15, -0.1) is 6.42 Å². The molecule has 0 atom stereocenters. The van der Waals surface area contributed by atoms with Gasteiger partial charge in [-0.2, -0.15) is 0 Å². The van der Waals surface area contributed by atoms with Crippen molar-refractivity contribution in [3.63, 3.8) is 0 Å². The molecule has 0 aliphatic heterocycles. The molecule has 0 fully saturated rings. The molecule has 0 saturated heterocycles. The zero-order valence-electron chi connectivity index (χ0n) is 9.84. The van der Waals surface area contributed by atoms with Crippen molar-refractivity contribution in [2.24, 2.45) is 0 Å². The molecule has 0 aliphatic carbocycles.